The zero-order valence-electron chi connectivity index (χ0n) is 40.5. The van der Waals surface area contributed by atoms with Gasteiger partial charge >= 0.3 is 0 Å². The molecule has 0 saturated heterocycles. The fourth-order valence-corrected chi connectivity index (χ4v) is 6.83. The molecule has 0 aliphatic rings. The average Bonchev–Trinajstić information content (AvgIpc) is 3.30. The highest BCUT2D eigenvalue weighted by Gasteiger charge is 2.33. The number of carbonyl (C=O) groups is 6. The van der Waals surface area contributed by atoms with Crippen LogP contribution in [0.15, 0.2) is 74.6 Å². The highest BCUT2D eigenvalue weighted by Crippen LogP contribution is 2.11. The Balaban J connectivity index is 2.41. The van der Waals surface area contributed by atoms with Crippen molar-refractivity contribution in [2.45, 2.75) is 108 Å². The first-order valence-electron chi connectivity index (χ1n) is 23.1. The Kier molecular flexibility index (Phi) is 26.4. The summed E-state index contributed by atoms with van der Waals surface area (Å²) in [6.07, 6.45) is 1.12. The van der Waals surface area contributed by atoms with Gasteiger partial charge in [-0.3, -0.25) is 54.1 Å². The number of nitrogens with zero attached hydrogens (tertiary/aromatic N) is 4. The topological polar surface area (TPSA) is 482 Å². The van der Waals surface area contributed by atoms with Gasteiger partial charge < -0.3 is 83.5 Å². The maximum absolute atomic E-state index is 14.3. The van der Waals surface area contributed by atoms with Crippen LogP contribution in [0.1, 0.15) is 81.9 Å². The lowest BCUT2D eigenvalue weighted by molar-refractivity contribution is -0.136. The zero-order chi connectivity index (χ0) is 52.9. The van der Waals surface area contributed by atoms with Crippen LogP contribution < -0.4 is 83.5 Å². The lowest BCUT2D eigenvalue weighted by Crippen LogP contribution is -2.60. The third-order valence-corrected chi connectivity index (χ3v) is 10.5. The van der Waals surface area contributed by atoms with E-state index < -0.39 is 71.6 Å². The third kappa shape index (κ3) is 24.6. The van der Waals surface area contributed by atoms with Crippen LogP contribution in [0.5, 0.6) is 0 Å². The number of nitrogen functional groups attached to an aromatic ring is 1. The molecule has 2 aromatic carbocycles. The molecule has 0 aliphatic carbocycles. The lowest BCUT2D eigenvalue weighted by Gasteiger charge is -2.28. The number of rotatable bonds is 32. The second-order valence-electron chi connectivity index (χ2n) is 16.8. The Bertz CT molecular complexity index is 2170. The number of nitrogens with one attached hydrogen (secondary N) is 7. The molecule has 390 valence electrons. The number of benzene rings is 2. The molecular formula is C45H74N20O6. The van der Waals surface area contributed by atoms with Crippen molar-refractivity contribution in [3.8, 4) is 0 Å². The molecule has 25 N–H and O–H groups in total. The summed E-state index contributed by atoms with van der Waals surface area (Å²) in [6, 6.07) is 9.53. The zero-order valence-corrected chi connectivity index (χ0v) is 40.5. The van der Waals surface area contributed by atoms with Crippen molar-refractivity contribution in [1.82, 2.24) is 31.9 Å². The molecule has 0 aliphatic heterocycles. The molecule has 6 amide bonds. The summed E-state index contributed by atoms with van der Waals surface area (Å²) in [5, 5.41) is 24.1. The second-order valence-corrected chi connectivity index (χ2v) is 16.8. The first-order chi connectivity index (χ1) is 33.7. The Hall–Kier alpha value is -8.19. The first kappa shape index (κ1) is 58.9. The molecule has 0 saturated carbocycles. The molecule has 0 aromatic heterocycles. The largest absolute Gasteiger partial charge is 0.384 e. The molecule has 0 fully saturated rings. The smallest absolute Gasteiger partial charge is 0.243 e. The molecule has 0 spiro atoms. The molecule has 0 bridgehead atoms. The van der Waals surface area contributed by atoms with Crippen molar-refractivity contribution in [2.24, 2.45) is 77.5 Å². The summed E-state index contributed by atoms with van der Waals surface area (Å²) in [5.41, 5.74) is 51.5. The molecule has 0 radical (unpaired) electrons. The van der Waals surface area contributed by atoms with Crippen LogP contribution in [0.25, 0.3) is 0 Å². The maximum Gasteiger partial charge on any atom is 0.243 e. The number of carbonyl (C=O) groups excluding carboxylic acids is 6. The number of amidine groups is 1. The normalized spacial score (nSPS) is 12.8. The minimum Gasteiger partial charge on any atom is -0.384 e. The van der Waals surface area contributed by atoms with Gasteiger partial charge in [0.2, 0.25) is 35.4 Å². The van der Waals surface area contributed by atoms with Gasteiger partial charge in [-0.25, -0.2) is 0 Å². The molecule has 0 unspecified atom stereocenters. The monoisotopic (exact) mass is 991 g/mol. The Morgan fingerprint density at radius 3 is 1.25 bits per heavy atom. The highest BCUT2D eigenvalue weighted by atomic mass is 16.2. The van der Waals surface area contributed by atoms with Gasteiger partial charge in [0, 0.05) is 38.3 Å². The van der Waals surface area contributed by atoms with Gasteiger partial charge in [0.05, 0.1) is 6.42 Å². The average molecular weight is 991 g/mol. The van der Waals surface area contributed by atoms with E-state index in [1.54, 1.807) is 68.4 Å². The SMILES string of the molecule is CC(C)[C@H](NC(=O)[C@H](CCCN=C(N)N)NC(=O)[C@H](CCCN=C(N)N)NC(=O)[C@H](CCCN=C(N)N)NC(=O)Cc1ccccc1)C(=O)N[C@@H](CCCN=C(N)N)C(=O)NCc1ccc(C(=N)N)cc1. The van der Waals surface area contributed by atoms with E-state index in [9.17, 15) is 28.8 Å². The van der Waals surface area contributed by atoms with Crippen LogP contribution in [0, 0.1) is 11.3 Å². The summed E-state index contributed by atoms with van der Waals surface area (Å²) < 4.78 is 0. The van der Waals surface area contributed by atoms with E-state index in [0.29, 0.717) is 23.1 Å². The van der Waals surface area contributed by atoms with Crippen molar-refractivity contribution in [2.75, 3.05) is 26.2 Å². The quantitative estimate of drug-likeness (QED) is 0.0189. The predicted molar refractivity (Wildman–Crippen MR) is 274 cm³/mol. The fraction of sp³-hybridized carbons (Fsp3) is 0.489. The Morgan fingerprint density at radius 2 is 0.859 bits per heavy atom. The molecule has 26 heteroatoms. The van der Waals surface area contributed by atoms with Gasteiger partial charge in [0.25, 0.3) is 0 Å². The number of nitrogens with two attached hydrogens (primary N) is 9. The van der Waals surface area contributed by atoms with E-state index in [-0.39, 0.29) is 114 Å². The summed E-state index contributed by atoms with van der Waals surface area (Å²) in [7, 11) is 0. The Morgan fingerprint density at radius 1 is 0.479 bits per heavy atom. The summed E-state index contributed by atoms with van der Waals surface area (Å²) in [6.45, 7) is 3.94. The van der Waals surface area contributed by atoms with Gasteiger partial charge in [-0.15, -0.1) is 0 Å². The highest BCUT2D eigenvalue weighted by molar-refractivity contribution is 5.97. The number of amides is 6. The fourth-order valence-electron chi connectivity index (χ4n) is 6.83. The summed E-state index contributed by atoms with van der Waals surface area (Å²) >= 11 is 0. The number of hydrogen-bond acceptors (Lipinski definition) is 11. The molecule has 26 nitrogen and oxygen atoms in total. The third-order valence-electron chi connectivity index (χ3n) is 10.5. The van der Waals surface area contributed by atoms with Crippen LogP contribution in [0.4, 0.5) is 0 Å². The van der Waals surface area contributed by atoms with Crippen LogP contribution in [0.2, 0.25) is 0 Å². The van der Waals surface area contributed by atoms with Crippen LogP contribution in [0.3, 0.4) is 0 Å². The Labute approximate surface area is 413 Å². The molecule has 71 heavy (non-hydrogen) atoms. The van der Waals surface area contributed by atoms with E-state index >= 15 is 0 Å². The van der Waals surface area contributed by atoms with E-state index in [1.165, 1.54) is 0 Å². The molecule has 2 aromatic rings. The van der Waals surface area contributed by atoms with E-state index in [1.807, 2.05) is 0 Å². The van der Waals surface area contributed by atoms with Crippen molar-refractivity contribution >= 4 is 65.1 Å². The second kappa shape index (κ2) is 31.8. The van der Waals surface area contributed by atoms with Gasteiger partial charge in [-0.1, -0.05) is 68.4 Å². The van der Waals surface area contributed by atoms with E-state index in [2.05, 4.69) is 51.9 Å². The van der Waals surface area contributed by atoms with Crippen molar-refractivity contribution < 1.29 is 28.8 Å². The molecular weight excluding hydrogens is 917 g/mol. The minimum atomic E-state index is -1.31. The van der Waals surface area contributed by atoms with E-state index in [0.717, 1.165) is 0 Å². The molecule has 0 heterocycles. The van der Waals surface area contributed by atoms with Crippen molar-refractivity contribution in [3.05, 3.63) is 71.3 Å². The van der Waals surface area contributed by atoms with Crippen molar-refractivity contribution in [1.29, 1.82) is 5.41 Å². The summed E-state index contributed by atoms with van der Waals surface area (Å²) in [5.74, 6) is -5.25. The molecule has 5 atom stereocenters. The molecule has 2 rings (SSSR count). The van der Waals surface area contributed by atoms with Crippen LogP contribution >= 0.6 is 0 Å². The van der Waals surface area contributed by atoms with Gasteiger partial charge in [-0.2, -0.15) is 0 Å². The van der Waals surface area contributed by atoms with Crippen LogP contribution in [-0.2, 0) is 41.7 Å². The van der Waals surface area contributed by atoms with Gasteiger partial charge in [0.1, 0.15) is 36.0 Å². The minimum absolute atomic E-state index is 0.0111. The van der Waals surface area contributed by atoms with Gasteiger partial charge in [0.15, 0.2) is 23.8 Å². The number of hydrogen-bond donors (Lipinski definition) is 16. The van der Waals surface area contributed by atoms with E-state index in [4.69, 9.17) is 57.0 Å². The summed E-state index contributed by atoms with van der Waals surface area (Å²) in [4.78, 5) is 99.3. The number of aliphatic imine (C=N–C) groups is 4. The lowest BCUT2D eigenvalue weighted by atomic mass is 10.0. The predicted octanol–water partition coefficient (Wildman–Crippen LogP) is -3.88. The number of guanidine groups is 4. The first-order valence-corrected chi connectivity index (χ1v) is 23.1. The van der Waals surface area contributed by atoms with Crippen LogP contribution in [-0.4, -0.2) is 122 Å². The van der Waals surface area contributed by atoms with Gasteiger partial charge in [-0.05, 0) is 68.4 Å². The standard InChI is InChI=1S/C45H74N20O6/c1-26(2)35(41(71)64-30(12-6-20-56-42(48)49)37(67)60-25-28-16-18-29(19-17-28)36(46)47)65-40(70)33(15-9-23-59-45(54)55)63-39(69)32(14-8-22-58-44(52)53)62-38(68)31(13-7-21-57-43(50)51)61-34(66)24-27-10-4-3-5-11-27/h3-5,10-11,16-19,26,30-33,35H,6-9,12-15,20-25H2,1-2H3,(H3,46,47)(H,60,67)(H,61,66)(H,62,68)(H,63,69)(H,64,71)(H,65,70)(H4,48,49,56)(H4,50,51,57)(H4,52,53,58)(H4,54,55,59)/t30-,31-,32-,33-,35-/m0/s1. The van der Waals surface area contributed by atoms with Crippen molar-refractivity contribution in [3.63, 3.8) is 0 Å². The maximum atomic E-state index is 14.3.